The van der Waals surface area contributed by atoms with E-state index >= 15 is 0 Å². The van der Waals surface area contributed by atoms with Gasteiger partial charge in [0.05, 0.1) is 0 Å². The summed E-state index contributed by atoms with van der Waals surface area (Å²) in [4.78, 5) is 0. The minimum absolute atomic E-state index is 0.899. The Morgan fingerprint density at radius 3 is 2.38 bits per heavy atom. The van der Waals surface area contributed by atoms with Crippen LogP contribution in [0.1, 0.15) is 97.3 Å². The molecule has 1 fully saturated rings. The molecule has 0 heterocycles. The molecule has 0 aromatic heterocycles. The van der Waals surface area contributed by atoms with Gasteiger partial charge in [0.1, 0.15) is 0 Å². The zero-order valence-corrected chi connectivity index (χ0v) is 14.7. The van der Waals surface area contributed by atoms with Gasteiger partial charge < -0.3 is 0 Å². The van der Waals surface area contributed by atoms with Crippen LogP contribution in [0.5, 0.6) is 0 Å². The summed E-state index contributed by atoms with van der Waals surface area (Å²) >= 11 is 0. The van der Waals surface area contributed by atoms with Gasteiger partial charge in [-0.05, 0) is 50.4 Å². The number of allylic oxidation sites excluding steroid dienone is 4. The van der Waals surface area contributed by atoms with Crippen molar-refractivity contribution in [2.24, 2.45) is 11.8 Å². The van der Waals surface area contributed by atoms with E-state index in [-0.39, 0.29) is 0 Å². The third kappa shape index (κ3) is 9.17. The molecule has 21 heavy (non-hydrogen) atoms. The van der Waals surface area contributed by atoms with Gasteiger partial charge in [-0.15, -0.1) is 0 Å². The standard InChI is InChI=1S/C21H38/c1-3-5-7-9-11-13-16-20-18-15-19-21(20)17-14-12-10-8-6-4-2/h5,7,13,16,20-21H,3-4,6,8-12,14-15,17-19H2,1-2H3/b7-5+,16-13+/t20-,21-/m0/s1. The van der Waals surface area contributed by atoms with E-state index in [4.69, 9.17) is 0 Å². The van der Waals surface area contributed by atoms with Crippen molar-refractivity contribution in [3.63, 3.8) is 0 Å². The largest absolute Gasteiger partial charge is 0.0888 e. The highest BCUT2D eigenvalue weighted by molar-refractivity contribution is 4.96. The maximum Gasteiger partial charge on any atom is -0.0205 e. The number of hydrogen-bond acceptors (Lipinski definition) is 0. The molecule has 0 saturated heterocycles. The van der Waals surface area contributed by atoms with Crippen LogP contribution in [0.3, 0.4) is 0 Å². The maximum absolute atomic E-state index is 2.55. The van der Waals surface area contributed by atoms with Crippen LogP contribution < -0.4 is 0 Å². The molecule has 0 aliphatic heterocycles. The average Bonchev–Trinajstić information content (AvgIpc) is 2.94. The zero-order chi connectivity index (χ0) is 15.2. The molecule has 122 valence electrons. The summed E-state index contributed by atoms with van der Waals surface area (Å²) < 4.78 is 0. The first kappa shape index (κ1) is 18.5. The summed E-state index contributed by atoms with van der Waals surface area (Å²) in [5.41, 5.74) is 0. The summed E-state index contributed by atoms with van der Waals surface area (Å²) in [7, 11) is 0. The molecular weight excluding hydrogens is 252 g/mol. The van der Waals surface area contributed by atoms with E-state index in [1.54, 1.807) is 0 Å². The minimum atomic E-state index is 0.899. The second-order valence-corrected chi connectivity index (χ2v) is 6.80. The van der Waals surface area contributed by atoms with Gasteiger partial charge in [-0.2, -0.15) is 0 Å². The van der Waals surface area contributed by atoms with Gasteiger partial charge in [0, 0.05) is 0 Å². The molecule has 1 aliphatic carbocycles. The Labute approximate surface area is 134 Å². The summed E-state index contributed by atoms with van der Waals surface area (Å²) in [6.07, 6.45) is 27.8. The predicted octanol–water partition coefficient (Wildman–Crippen LogP) is 7.46. The molecule has 0 N–H and O–H groups in total. The Balaban J connectivity index is 2.10. The van der Waals surface area contributed by atoms with Crippen LogP contribution in [0.2, 0.25) is 0 Å². The molecular formula is C21H38. The second-order valence-electron chi connectivity index (χ2n) is 6.80. The Kier molecular flexibility index (Phi) is 11.6. The monoisotopic (exact) mass is 290 g/mol. The van der Waals surface area contributed by atoms with E-state index in [0.717, 1.165) is 11.8 Å². The van der Waals surface area contributed by atoms with Gasteiger partial charge in [-0.3, -0.25) is 0 Å². The quantitative estimate of drug-likeness (QED) is 0.258. The highest BCUT2D eigenvalue weighted by Gasteiger charge is 2.24. The smallest absolute Gasteiger partial charge is 0.0205 e. The van der Waals surface area contributed by atoms with Gasteiger partial charge in [-0.25, -0.2) is 0 Å². The third-order valence-electron chi connectivity index (χ3n) is 4.93. The van der Waals surface area contributed by atoms with Crippen LogP contribution in [0, 0.1) is 11.8 Å². The van der Waals surface area contributed by atoms with E-state index in [1.807, 2.05) is 0 Å². The topological polar surface area (TPSA) is 0 Å². The maximum atomic E-state index is 2.55. The van der Waals surface area contributed by atoms with Crippen molar-refractivity contribution in [2.45, 2.75) is 97.3 Å². The first-order valence-electron chi connectivity index (χ1n) is 9.70. The summed E-state index contributed by atoms with van der Waals surface area (Å²) in [5, 5.41) is 0. The van der Waals surface area contributed by atoms with Gasteiger partial charge in [0.25, 0.3) is 0 Å². The van der Waals surface area contributed by atoms with Crippen LogP contribution in [0.15, 0.2) is 24.3 Å². The number of rotatable bonds is 12. The molecule has 0 radical (unpaired) electrons. The normalized spacial score (nSPS) is 22.8. The van der Waals surface area contributed by atoms with E-state index < -0.39 is 0 Å². The van der Waals surface area contributed by atoms with Crippen LogP contribution in [0.25, 0.3) is 0 Å². The SMILES string of the molecule is CC/C=C/CC/C=C/[C@H]1CCC[C@@H]1CCCCCCCC. The second kappa shape index (κ2) is 13.2. The van der Waals surface area contributed by atoms with E-state index in [1.165, 1.54) is 83.5 Å². The first-order valence-corrected chi connectivity index (χ1v) is 9.70. The van der Waals surface area contributed by atoms with Crippen molar-refractivity contribution in [3.05, 3.63) is 24.3 Å². The Hall–Kier alpha value is -0.520. The molecule has 0 aromatic rings. The van der Waals surface area contributed by atoms with Crippen LogP contribution in [0.4, 0.5) is 0 Å². The third-order valence-corrected chi connectivity index (χ3v) is 4.93. The molecule has 2 atom stereocenters. The lowest BCUT2D eigenvalue weighted by Gasteiger charge is -2.16. The molecule has 0 aromatic carbocycles. The number of hydrogen-bond donors (Lipinski definition) is 0. The van der Waals surface area contributed by atoms with E-state index in [0.29, 0.717) is 0 Å². The van der Waals surface area contributed by atoms with Gasteiger partial charge >= 0.3 is 0 Å². The predicted molar refractivity (Wildman–Crippen MR) is 96.6 cm³/mol. The molecule has 1 aliphatic rings. The summed E-state index contributed by atoms with van der Waals surface area (Å²) in [6.45, 7) is 4.51. The van der Waals surface area contributed by atoms with Crippen molar-refractivity contribution in [3.8, 4) is 0 Å². The Morgan fingerprint density at radius 2 is 1.57 bits per heavy atom. The van der Waals surface area contributed by atoms with E-state index in [9.17, 15) is 0 Å². The van der Waals surface area contributed by atoms with Crippen LogP contribution in [-0.4, -0.2) is 0 Å². The molecule has 1 rings (SSSR count). The highest BCUT2D eigenvalue weighted by Crippen LogP contribution is 2.36. The summed E-state index contributed by atoms with van der Waals surface area (Å²) in [5.74, 6) is 1.90. The van der Waals surface area contributed by atoms with Crippen molar-refractivity contribution in [1.29, 1.82) is 0 Å². The fraction of sp³-hybridized carbons (Fsp3) is 0.810. The minimum Gasteiger partial charge on any atom is -0.0888 e. The van der Waals surface area contributed by atoms with Gasteiger partial charge in [0.15, 0.2) is 0 Å². The fourth-order valence-electron chi connectivity index (χ4n) is 3.61. The van der Waals surface area contributed by atoms with Crippen LogP contribution in [-0.2, 0) is 0 Å². The van der Waals surface area contributed by atoms with Crippen LogP contribution >= 0.6 is 0 Å². The Bertz CT molecular complexity index is 274. The molecule has 0 nitrogen and oxygen atoms in total. The van der Waals surface area contributed by atoms with Crippen molar-refractivity contribution in [1.82, 2.24) is 0 Å². The van der Waals surface area contributed by atoms with Crippen molar-refractivity contribution < 1.29 is 0 Å². The van der Waals surface area contributed by atoms with Crippen molar-refractivity contribution >= 4 is 0 Å². The van der Waals surface area contributed by atoms with E-state index in [2.05, 4.69) is 38.2 Å². The lowest BCUT2D eigenvalue weighted by Crippen LogP contribution is -2.05. The summed E-state index contributed by atoms with van der Waals surface area (Å²) in [6, 6.07) is 0. The number of unbranched alkanes of at least 4 members (excludes halogenated alkanes) is 6. The zero-order valence-electron chi connectivity index (χ0n) is 14.7. The highest BCUT2D eigenvalue weighted by atomic mass is 14.3. The molecule has 0 bridgehead atoms. The molecule has 1 saturated carbocycles. The molecule has 0 spiro atoms. The molecule has 0 unspecified atom stereocenters. The molecule has 0 heteroatoms. The lowest BCUT2D eigenvalue weighted by atomic mass is 9.90. The van der Waals surface area contributed by atoms with Gasteiger partial charge in [0.2, 0.25) is 0 Å². The average molecular weight is 291 g/mol. The fourth-order valence-corrected chi connectivity index (χ4v) is 3.61. The van der Waals surface area contributed by atoms with Crippen molar-refractivity contribution in [2.75, 3.05) is 0 Å². The Morgan fingerprint density at radius 1 is 0.810 bits per heavy atom. The molecule has 0 amide bonds. The van der Waals surface area contributed by atoms with Gasteiger partial charge in [-0.1, -0.05) is 83.1 Å². The first-order chi connectivity index (χ1) is 10.4. The lowest BCUT2D eigenvalue weighted by molar-refractivity contribution is 0.402.